The molecule has 0 N–H and O–H groups in total. The molecule has 1 amide bonds. The molecular weight excluding hydrogens is 418 g/mol. The molecule has 3 aromatic rings. The number of esters is 1. The van der Waals surface area contributed by atoms with Gasteiger partial charge in [0.2, 0.25) is 0 Å². The van der Waals surface area contributed by atoms with E-state index < -0.39 is 23.5 Å². The zero-order valence-electron chi connectivity index (χ0n) is 15.6. The first-order valence-corrected chi connectivity index (χ1v) is 10.8. The van der Waals surface area contributed by atoms with E-state index in [4.69, 9.17) is 4.74 Å². The van der Waals surface area contributed by atoms with E-state index >= 15 is 0 Å². The first kappa shape index (κ1) is 21.2. The lowest BCUT2D eigenvalue weighted by atomic mass is 10.2. The van der Waals surface area contributed by atoms with Crippen LogP contribution in [0.3, 0.4) is 0 Å². The highest BCUT2D eigenvalue weighted by molar-refractivity contribution is 7.99. The molecule has 0 aliphatic rings. The molecule has 0 fully saturated rings. The van der Waals surface area contributed by atoms with Crippen LogP contribution in [-0.4, -0.2) is 28.8 Å². The highest BCUT2D eigenvalue weighted by atomic mass is 32.2. The van der Waals surface area contributed by atoms with Crippen molar-refractivity contribution in [1.29, 1.82) is 0 Å². The number of thiazole rings is 1. The first-order chi connectivity index (χ1) is 14.0. The van der Waals surface area contributed by atoms with Gasteiger partial charge in [-0.1, -0.05) is 41.7 Å². The van der Waals surface area contributed by atoms with Gasteiger partial charge in [-0.05, 0) is 18.6 Å². The Morgan fingerprint density at radius 1 is 1.21 bits per heavy atom. The Morgan fingerprint density at radius 3 is 2.69 bits per heavy atom. The number of aromatic nitrogens is 1. The normalized spacial score (nSPS) is 11.8. The van der Waals surface area contributed by atoms with Crippen LogP contribution in [0, 0.1) is 11.6 Å². The lowest BCUT2D eigenvalue weighted by Gasteiger charge is -2.06. The number of thioether (sulfide) groups is 1. The maximum atomic E-state index is 14.3. The number of carbonyl (C=O) groups excluding carboxylic acids is 2. The molecule has 0 aliphatic heterocycles. The molecule has 0 unspecified atom stereocenters. The maximum Gasteiger partial charge on any atom is 0.326 e. The van der Waals surface area contributed by atoms with Gasteiger partial charge in [0.15, 0.2) is 10.6 Å². The summed E-state index contributed by atoms with van der Waals surface area (Å²) < 4.78 is 34.4. The maximum absolute atomic E-state index is 14.3. The van der Waals surface area contributed by atoms with Crippen molar-refractivity contribution >= 4 is 45.2 Å². The number of hydrogen-bond donors (Lipinski definition) is 0. The van der Waals surface area contributed by atoms with Crippen molar-refractivity contribution in [3.63, 3.8) is 0 Å². The molecule has 9 heteroatoms. The summed E-state index contributed by atoms with van der Waals surface area (Å²) in [7, 11) is 0. The molecule has 0 saturated heterocycles. The lowest BCUT2D eigenvalue weighted by Crippen LogP contribution is -2.23. The number of nitrogens with zero attached hydrogens (tertiary/aromatic N) is 2. The van der Waals surface area contributed by atoms with Crippen LogP contribution in [0.25, 0.3) is 10.2 Å². The predicted octanol–water partition coefficient (Wildman–Crippen LogP) is 3.90. The average molecular weight is 437 g/mol. The molecule has 1 aromatic heterocycles. The fourth-order valence-electron chi connectivity index (χ4n) is 2.67. The van der Waals surface area contributed by atoms with E-state index in [9.17, 15) is 18.4 Å². The summed E-state index contributed by atoms with van der Waals surface area (Å²) in [5.41, 5.74) is 1.11. The number of hydrogen-bond acceptors (Lipinski definition) is 5. The van der Waals surface area contributed by atoms with Crippen molar-refractivity contribution in [2.45, 2.75) is 19.2 Å². The van der Waals surface area contributed by atoms with Crippen molar-refractivity contribution in [1.82, 2.24) is 4.57 Å². The number of amides is 1. The molecule has 0 spiro atoms. The van der Waals surface area contributed by atoms with Crippen molar-refractivity contribution in [3.05, 3.63) is 64.5 Å². The molecule has 0 atom stereocenters. The Hall–Kier alpha value is -2.52. The van der Waals surface area contributed by atoms with Crippen molar-refractivity contribution in [2.24, 2.45) is 4.99 Å². The summed E-state index contributed by atoms with van der Waals surface area (Å²) in [4.78, 5) is 28.4. The molecule has 29 heavy (non-hydrogen) atoms. The first-order valence-electron chi connectivity index (χ1n) is 8.81. The third kappa shape index (κ3) is 5.51. The zero-order chi connectivity index (χ0) is 20.8. The number of fused-ring (bicyclic) bond motifs is 1. The van der Waals surface area contributed by atoms with Crippen LogP contribution in [0.2, 0.25) is 0 Å². The van der Waals surface area contributed by atoms with Gasteiger partial charge in [0.1, 0.15) is 12.4 Å². The third-order valence-corrected chi connectivity index (χ3v) is 5.86. The Kier molecular flexibility index (Phi) is 7.16. The van der Waals surface area contributed by atoms with Gasteiger partial charge >= 0.3 is 5.97 Å². The van der Waals surface area contributed by atoms with E-state index in [0.29, 0.717) is 5.75 Å². The summed E-state index contributed by atoms with van der Waals surface area (Å²) in [5, 5.41) is 0. The molecule has 5 nitrogen and oxygen atoms in total. The molecule has 0 bridgehead atoms. The van der Waals surface area contributed by atoms with Gasteiger partial charge < -0.3 is 9.30 Å². The molecule has 152 valence electrons. The van der Waals surface area contributed by atoms with Gasteiger partial charge in [-0.25, -0.2) is 8.78 Å². The van der Waals surface area contributed by atoms with Crippen LogP contribution in [0.4, 0.5) is 8.78 Å². The third-order valence-electron chi connectivity index (χ3n) is 3.85. The molecule has 2 aromatic carbocycles. The number of carbonyl (C=O) groups is 2. The molecule has 1 heterocycles. The molecular formula is C20H18F2N2O3S2. The van der Waals surface area contributed by atoms with E-state index in [1.807, 2.05) is 30.3 Å². The van der Waals surface area contributed by atoms with E-state index in [-0.39, 0.29) is 33.9 Å². The van der Waals surface area contributed by atoms with Gasteiger partial charge in [0, 0.05) is 11.8 Å². The summed E-state index contributed by atoms with van der Waals surface area (Å²) in [6, 6.07) is 11.6. The number of halogens is 2. The summed E-state index contributed by atoms with van der Waals surface area (Å²) in [6.07, 6.45) is 0. The number of benzene rings is 2. The minimum atomic E-state index is -0.826. The fraction of sp³-hybridized carbons (Fsp3) is 0.250. The second-order valence-electron chi connectivity index (χ2n) is 5.99. The second kappa shape index (κ2) is 9.80. The monoisotopic (exact) mass is 436 g/mol. The molecule has 0 saturated carbocycles. The van der Waals surface area contributed by atoms with Crippen molar-refractivity contribution in [3.8, 4) is 0 Å². The van der Waals surface area contributed by atoms with E-state index in [2.05, 4.69) is 4.99 Å². The van der Waals surface area contributed by atoms with E-state index in [1.54, 1.807) is 6.92 Å². The van der Waals surface area contributed by atoms with E-state index in [1.165, 1.54) is 16.3 Å². The fourth-order valence-corrected chi connectivity index (χ4v) is 4.52. The molecule has 3 rings (SSSR count). The lowest BCUT2D eigenvalue weighted by molar-refractivity contribution is -0.143. The number of rotatable bonds is 7. The van der Waals surface area contributed by atoms with Crippen molar-refractivity contribution in [2.75, 3.05) is 12.4 Å². The largest absolute Gasteiger partial charge is 0.465 e. The number of ether oxygens (including phenoxy) is 1. The summed E-state index contributed by atoms with van der Waals surface area (Å²) in [5.74, 6) is -1.81. The smallest absolute Gasteiger partial charge is 0.326 e. The van der Waals surface area contributed by atoms with Crippen LogP contribution >= 0.6 is 23.1 Å². The zero-order valence-corrected chi connectivity index (χ0v) is 17.2. The minimum absolute atomic E-state index is 0.0212. The highest BCUT2D eigenvalue weighted by Crippen LogP contribution is 2.22. The van der Waals surface area contributed by atoms with Crippen LogP contribution in [0.1, 0.15) is 12.5 Å². The van der Waals surface area contributed by atoms with Gasteiger partial charge in [-0.2, -0.15) is 4.99 Å². The Balaban J connectivity index is 1.86. The van der Waals surface area contributed by atoms with Gasteiger partial charge in [-0.15, -0.1) is 11.8 Å². The van der Waals surface area contributed by atoms with Crippen LogP contribution < -0.4 is 4.80 Å². The van der Waals surface area contributed by atoms with Crippen molar-refractivity contribution < 1.29 is 23.1 Å². The topological polar surface area (TPSA) is 60.7 Å². The van der Waals surface area contributed by atoms with Crippen LogP contribution in [-0.2, 0) is 26.6 Å². The Morgan fingerprint density at radius 2 is 1.97 bits per heavy atom. The van der Waals surface area contributed by atoms with E-state index in [0.717, 1.165) is 29.0 Å². The van der Waals surface area contributed by atoms with Gasteiger partial charge in [0.25, 0.3) is 5.91 Å². The second-order valence-corrected chi connectivity index (χ2v) is 7.99. The summed E-state index contributed by atoms with van der Waals surface area (Å²) in [6.45, 7) is 1.50. The minimum Gasteiger partial charge on any atom is -0.465 e. The Bertz CT molecular complexity index is 1090. The highest BCUT2D eigenvalue weighted by Gasteiger charge is 2.16. The Labute approximate surface area is 174 Å². The van der Waals surface area contributed by atoms with Crippen LogP contribution in [0.5, 0.6) is 0 Å². The SMILES string of the molecule is CCOC(=O)Cn1c(=NC(=O)CSCc2ccccc2)sc2cc(F)cc(F)c21. The summed E-state index contributed by atoms with van der Waals surface area (Å²) >= 11 is 2.35. The molecule has 0 aliphatic carbocycles. The van der Waals surface area contributed by atoms with Crippen LogP contribution in [0.15, 0.2) is 47.5 Å². The quantitative estimate of drug-likeness (QED) is 0.527. The van der Waals surface area contributed by atoms with Gasteiger partial charge in [-0.3, -0.25) is 9.59 Å². The standard InChI is InChI=1S/C20H18F2N2O3S2/c1-2-27-18(26)10-24-19-15(22)8-14(21)9-16(19)29-20(24)23-17(25)12-28-11-13-6-4-3-5-7-13/h3-9H,2,10-12H2,1H3. The van der Waals surface area contributed by atoms with Gasteiger partial charge in [0.05, 0.1) is 22.6 Å². The molecule has 0 radical (unpaired) electrons. The average Bonchev–Trinajstić information content (AvgIpc) is 2.99. The predicted molar refractivity (Wildman–Crippen MR) is 110 cm³/mol.